The second kappa shape index (κ2) is 6.03. The topological polar surface area (TPSA) is 46.6 Å². The van der Waals surface area contributed by atoms with Crippen molar-refractivity contribution in [1.82, 2.24) is 4.90 Å². The largest absolute Gasteiger partial charge is 0.447 e. The van der Waals surface area contributed by atoms with Gasteiger partial charge in [0.15, 0.2) is 0 Å². The third-order valence-corrected chi connectivity index (χ3v) is 3.46. The Morgan fingerprint density at radius 2 is 2.11 bits per heavy atom. The van der Waals surface area contributed by atoms with Crippen LogP contribution in [0.2, 0.25) is 0 Å². The molecule has 1 heterocycles. The molecule has 1 saturated heterocycles. The molecule has 0 radical (unpaired) electrons. The second-order valence-electron chi connectivity index (χ2n) is 5.34. The molecule has 0 unspecified atom stereocenters. The first-order valence-electron chi connectivity index (χ1n) is 6.50. The average molecular weight is 253 g/mol. The smallest absolute Gasteiger partial charge is 0.416 e. The molecule has 0 bridgehead atoms. The predicted octanol–water partition coefficient (Wildman–Crippen LogP) is 2.98. The van der Waals surface area contributed by atoms with Crippen molar-refractivity contribution in [3.05, 3.63) is 11.6 Å². The van der Waals surface area contributed by atoms with Crippen LogP contribution in [0.25, 0.3) is 0 Å². The minimum atomic E-state index is -0.497. The molecule has 0 aromatic rings. The summed E-state index contributed by atoms with van der Waals surface area (Å²) in [5.41, 5.74) is 1.16. The van der Waals surface area contributed by atoms with E-state index in [2.05, 4.69) is 0 Å². The Kier molecular flexibility index (Phi) is 4.93. The molecule has 18 heavy (non-hydrogen) atoms. The number of carbonyl (C=O) groups is 2. The van der Waals surface area contributed by atoms with E-state index in [4.69, 9.17) is 4.74 Å². The number of hydrogen-bond donors (Lipinski definition) is 0. The van der Waals surface area contributed by atoms with Crippen molar-refractivity contribution in [1.29, 1.82) is 0 Å². The summed E-state index contributed by atoms with van der Waals surface area (Å²) in [5, 5.41) is 0. The standard InChI is InChI=1S/C14H23NO3/c1-6-10(4)7-11(5)13(16)15-12(9(2)3)8-18-14(15)17/h6,9,11-12H,7-8H2,1-5H3/b10-6+/t11-,12-/m1/s1. The molecule has 0 spiro atoms. The summed E-state index contributed by atoms with van der Waals surface area (Å²) in [6.07, 6.45) is 2.18. The van der Waals surface area contributed by atoms with Crippen molar-refractivity contribution < 1.29 is 14.3 Å². The number of rotatable bonds is 4. The molecular weight excluding hydrogens is 230 g/mol. The SMILES string of the molecule is C/C=C(\C)C[C@@H](C)C(=O)N1C(=O)OC[C@@H]1C(C)C. The maximum Gasteiger partial charge on any atom is 0.416 e. The molecule has 1 rings (SSSR count). The Balaban J connectivity index is 2.78. The van der Waals surface area contributed by atoms with Crippen molar-refractivity contribution in [2.75, 3.05) is 6.61 Å². The van der Waals surface area contributed by atoms with Crippen molar-refractivity contribution >= 4 is 12.0 Å². The Hall–Kier alpha value is -1.32. The first kappa shape index (κ1) is 14.7. The van der Waals surface area contributed by atoms with Crippen LogP contribution in [0.3, 0.4) is 0 Å². The molecule has 1 aliphatic rings. The summed E-state index contributed by atoms with van der Waals surface area (Å²) in [5.74, 6) is -0.0964. The molecule has 0 aliphatic carbocycles. The molecule has 2 atom stereocenters. The zero-order valence-electron chi connectivity index (χ0n) is 11.9. The van der Waals surface area contributed by atoms with Crippen LogP contribution in [-0.4, -0.2) is 29.5 Å². The van der Waals surface area contributed by atoms with Crippen LogP contribution in [0.5, 0.6) is 0 Å². The molecule has 4 nitrogen and oxygen atoms in total. The fourth-order valence-corrected chi connectivity index (χ4v) is 2.11. The fraction of sp³-hybridized carbons (Fsp3) is 0.714. The van der Waals surface area contributed by atoms with Gasteiger partial charge in [-0.3, -0.25) is 4.79 Å². The van der Waals surface area contributed by atoms with Crippen molar-refractivity contribution in [3.63, 3.8) is 0 Å². The van der Waals surface area contributed by atoms with Gasteiger partial charge in [-0.25, -0.2) is 9.69 Å². The molecule has 4 heteroatoms. The van der Waals surface area contributed by atoms with Crippen molar-refractivity contribution in [2.24, 2.45) is 11.8 Å². The van der Waals surface area contributed by atoms with Crippen LogP contribution in [0.1, 0.15) is 41.0 Å². The average Bonchev–Trinajstić information content (AvgIpc) is 2.69. The molecule has 0 aromatic carbocycles. The molecular formula is C14H23NO3. The van der Waals surface area contributed by atoms with Crippen LogP contribution in [0.4, 0.5) is 4.79 Å². The summed E-state index contributed by atoms with van der Waals surface area (Å²) in [7, 11) is 0. The Bertz CT molecular complexity index is 360. The normalized spacial score (nSPS) is 22.3. The molecule has 1 aliphatic heterocycles. The highest BCUT2D eigenvalue weighted by Crippen LogP contribution is 2.23. The van der Waals surface area contributed by atoms with E-state index < -0.39 is 6.09 Å². The van der Waals surface area contributed by atoms with E-state index in [9.17, 15) is 9.59 Å². The Morgan fingerprint density at radius 1 is 1.50 bits per heavy atom. The number of nitrogens with zero attached hydrogens (tertiary/aromatic N) is 1. The van der Waals surface area contributed by atoms with Gasteiger partial charge in [0.05, 0.1) is 6.04 Å². The number of amides is 2. The van der Waals surface area contributed by atoms with Gasteiger partial charge in [-0.2, -0.15) is 0 Å². The van der Waals surface area contributed by atoms with Gasteiger partial charge in [0, 0.05) is 5.92 Å². The maximum absolute atomic E-state index is 12.3. The number of imide groups is 1. The molecule has 102 valence electrons. The third kappa shape index (κ3) is 3.12. The molecule has 0 saturated carbocycles. The number of carbonyl (C=O) groups excluding carboxylic acids is 2. The van der Waals surface area contributed by atoms with E-state index in [0.717, 1.165) is 5.57 Å². The van der Waals surface area contributed by atoms with Gasteiger partial charge in [0.1, 0.15) is 6.61 Å². The lowest BCUT2D eigenvalue weighted by Gasteiger charge is -2.25. The minimum absolute atomic E-state index is 0.127. The van der Waals surface area contributed by atoms with Gasteiger partial charge in [-0.15, -0.1) is 0 Å². The fourth-order valence-electron chi connectivity index (χ4n) is 2.11. The van der Waals surface area contributed by atoms with E-state index in [0.29, 0.717) is 13.0 Å². The molecule has 0 N–H and O–H groups in total. The monoisotopic (exact) mass is 253 g/mol. The van der Waals surface area contributed by atoms with Crippen LogP contribution in [-0.2, 0) is 9.53 Å². The quantitative estimate of drug-likeness (QED) is 0.724. The van der Waals surface area contributed by atoms with Gasteiger partial charge in [-0.1, -0.05) is 32.4 Å². The van der Waals surface area contributed by atoms with E-state index in [1.54, 1.807) is 0 Å². The van der Waals surface area contributed by atoms with Gasteiger partial charge in [0.2, 0.25) is 5.91 Å². The van der Waals surface area contributed by atoms with Crippen LogP contribution >= 0.6 is 0 Å². The van der Waals surface area contributed by atoms with Crippen LogP contribution < -0.4 is 0 Å². The number of hydrogen-bond acceptors (Lipinski definition) is 3. The van der Waals surface area contributed by atoms with Gasteiger partial charge in [-0.05, 0) is 26.2 Å². The highest BCUT2D eigenvalue weighted by Gasteiger charge is 2.40. The summed E-state index contributed by atoms with van der Waals surface area (Å²) in [6.45, 7) is 10.1. The van der Waals surface area contributed by atoms with E-state index in [-0.39, 0.29) is 23.8 Å². The van der Waals surface area contributed by atoms with Crippen LogP contribution in [0.15, 0.2) is 11.6 Å². The zero-order valence-corrected chi connectivity index (χ0v) is 11.9. The van der Waals surface area contributed by atoms with E-state index in [1.807, 2.05) is 40.7 Å². The lowest BCUT2D eigenvalue weighted by Crippen LogP contribution is -2.44. The lowest BCUT2D eigenvalue weighted by molar-refractivity contribution is -0.133. The maximum atomic E-state index is 12.3. The first-order chi connectivity index (χ1) is 8.38. The predicted molar refractivity (Wildman–Crippen MR) is 70.0 cm³/mol. The first-order valence-corrected chi connectivity index (χ1v) is 6.50. The van der Waals surface area contributed by atoms with E-state index in [1.165, 1.54) is 4.90 Å². The van der Waals surface area contributed by atoms with Crippen LogP contribution in [0, 0.1) is 11.8 Å². The summed E-state index contributed by atoms with van der Waals surface area (Å²) in [6, 6.07) is -0.127. The molecule has 2 amide bonds. The van der Waals surface area contributed by atoms with Gasteiger partial charge in [0.25, 0.3) is 0 Å². The number of allylic oxidation sites excluding steroid dienone is 2. The summed E-state index contributed by atoms with van der Waals surface area (Å²) in [4.78, 5) is 25.3. The van der Waals surface area contributed by atoms with Crippen molar-refractivity contribution in [2.45, 2.75) is 47.1 Å². The Labute approximate surface area is 109 Å². The second-order valence-corrected chi connectivity index (χ2v) is 5.34. The number of ether oxygens (including phenoxy) is 1. The lowest BCUT2D eigenvalue weighted by atomic mass is 9.98. The van der Waals surface area contributed by atoms with Crippen molar-refractivity contribution in [3.8, 4) is 0 Å². The summed E-state index contributed by atoms with van der Waals surface area (Å²) < 4.78 is 4.99. The van der Waals surface area contributed by atoms with Gasteiger partial charge < -0.3 is 4.74 Å². The number of cyclic esters (lactones) is 1. The molecule has 1 fully saturated rings. The zero-order chi connectivity index (χ0) is 13.9. The molecule has 0 aromatic heterocycles. The van der Waals surface area contributed by atoms with E-state index >= 15 is 0 Å². The highest BCUT2D eigenvalue weighted by molar-refractivity contribution is 5.94. The third-order valence-electron chi connectivity index (χ3n) is 3.46. The van der Waals surface area contributed by atoms with Gasteiger partial charge >= 0.3 is 6.09 Å². The highest BCUT2D eigenvalue weighted by atomic mass is 16.6. The minimum Gasteiger partial charge on any atom is -0.447 e. The summed E-state index contributed by atoms with van der Waals surface area (Å²) >= 11 is 0. The Morgan fingerprint density at radius 3 is 2.61 bits per heavy atom.